The number of hydrogen-bond acceptors (Lipinski definition) is 1. The van der Waals surface area contributed by atoms with Crippen LogP contribution < -0.4 is 0 Å². The highest BCUT2D eigenvalue weighted by Crippen LogP contribution is 2.24. The number of alkyl halides is 1. The molecule has 0 atom stereocenters. The molecule has 0 unspecified atom stereocenters. The molecule has 1 amide bonds. The molecule has 0 saturated carbocycles. The molecule has 1 fully saturated rings. The van der Waals surface area contributed by atoms with Crippen LogP contribution in [-0.4, -0.2) is 30.6 Å². The Morgan fingerprint density at radius 2 is 1.83 bits per heavy atom. The van der Waals surface area contributed by atoms with Crippen molar-refractivity contribution in [3.8, 4) is 0 Å². The average molecular weight is 249 g/mol. The van der Waals surface area contributed by atoms with Crippen molar-refractivity contribution in [3.05, 3.63) is 35.4 Å². The summed E-state index contributed by atoms with van der Waals surface area (Å²) in [6, 6.07) is 7.73. The van der Waals surface area contributed by atoms with Crippen LogP contribution in [0.15, 0.2) is 24.3 Å². The molecule has 0 aliphatic carbocycles. The molecule has 1 saturated heterocycles. The Hall–Kier alpha value is -1.38. The molecule has 2 rings (SSSR count). The Bertz CT molecular complexity index is 427. The summed E-state index contributed by atoms with van der Waals surface area (Å²) in [5.41, 5.74) is 2.00. The Morgan fingerprint density at radius 1 is 1.28 bits per heavy atom. The van der Waals surface area contributed by atoms with Gasteiger partial charge in [-0.05, 0) is 23.1 Å². The number of rotatable bonds is 2. The quantitative estimate of drug-likeness (QED) is 0.789. The van der Waals surface area contributed by atoms with Gasteiger partial charge in [0.25, 0.3) is 5.91 Å². The van der Waals surface area contributed by atoms with E-state index in [0.29, 0.717) is 18.7 Å². The zero-order valence-corrected chi connectivity index (χ0v) is 11.2. The van der Waals surface area contributed by atoms with Gasteiger partial charge in [-0.3, -0.25) is 9.18 Å². The fraction of sp³-hybridized carbons (Fsp3) is 0.533. The van der Waals surface area contributed by atoms with Gasteiger partial charge in [-0.2, -0.15) is 0 Å². The number of benzene rings is 1. The molecule has 1 heterocycles. The van der Waals surface area contributed by atoms with Gasteiger partial charge in [0, 0.05) is 24.6 Å². The van der Waals surface area contributed by atoms with E-state index in [-0.39, 0.29) is 23.9 Å². The van der Waals surface area contributed by atoms with Crippen LogP contribution >= 0.6 is 0 Å². The number of nitrogens with zero attached hydrogens (tertiary/aromatic N) is 1. The minimum atomic E-state index is -0.327. The highest BCUT2D eigenvalue weighted by Gasteiger charge is 2.31. The molecule has 1 aromatic carbocycles. The van der Waals surface area contributed by atoms with E-state index in [2.05, 4.69) is 20.8 Å². The maximum absolute atomic E-state index is 12.3. The molecule has 2 nitrogen and oxygen atoms in total. The summed E-state index contributed by atoms with van der Waals surface area (Å²) < 4.78 is 12.3. The molecule has 0 bridgehead atoms. The average Bonchev–Trinajstić information content (AvgIpc) is 2.26. The number of amides is 1. The monoisotopic (exact) mass is 249 g/mol. The molecule has 1 aliphatic rings. The lowest BCUT2D eigenvalue weighted by Crippen LogP contribution is -2.50. The van der Waals surface area contributed by atoms with Crippen molar-refractivity contribution >= 4 is 5.91 Å². The number of hydrogen-bond donors (Lipinski definition) is 0. The lowest BCUT2D eigenvalue weighted by Gasteiger charge is -2.37. The first-order valence-corrected chi connectivity index (χ1v) is 6.37. The first-order valence-electron chi connectivity index (χ1n) is 6.37. The van der Waals surface area contributed by atoms with Crippen molar-refractivity contribution < 1.29 is 9.18 Å². The molecule has 0 radical (unpaired) electrons. The van der Waals surface area contributed by atoms with E-state index in [0.717, 1.165) is 0 Å². The smallest absolute Gasteiger partial charge is 0.253 e. The van der Waals surface area contributed by atoms with E-state index < -0.39 is 0 Å². The molecule has 98 valence electrons. The van der Waals surface area contributed by atoms with Crippen LogP contribution in [0.3, 0.4) is 0 Å². The Kier molecular flexibility index (Phi) is 3.42. The van der Waals surface area contributed by atoms with E-state index in [4.69, 9.17) is 0 Å². The van der Waals surface area contributed by atoms with Crippen molar-refractivity contribution in [1.29, 1.82) is 0 Å². The van der Waals surface area contributed by atoms with Gasteiger partial charge in [0.1, 0.15) is 0 Å². The summed E-state index contributed by atoms with van der Waals surface area (Å²) >= 11 is 0. The third-order valence-electron chi connectivity index (χ3n) is 3.46. The van der Waals surface area contributed by atoms with E-state index >= 15 is 0 Å². The Balaban J connectivity index is 2.04. The van der Waals surface area contributed by atoms with E-state index in [1.54, 1.807) is 4.90 Å². The number of halogens is 1. The molecule has 18 heavy (non-hydrogen) atoms. The van der Waals surface area contributed by atoms with Crippen molar-refractivity contribution in [2.45, 2.75) is 26.2 Å². The van der Waals surface area contributed by atoms with Gasteiger partial charge >= 0.3 is 0 Å². The van der Waals surface area contributed by atoms with E-state index in [9.17, 15) is 9.18 Å². The van der Waals surface area contributed by atoms with Crippen molar-refractivity contribution in [3.63, 3.8) is 0 Å². The molecule has 1 aromatic rings. The van der Waals surface area contributed by atoms with Crippen molar-refractivity contribution in [1.82, 2.24) is 4.90 Å². The number of carbonyl (C=O) groups is 1. The van der Waals surface area contributed by atoms with Gasteiger partial charge in [0.15, 0.2) is 0 Å². The largest absolute Gasteiger partial charge is 0.338 e. The zero-order valence-electron chi connectivity index (χ0n) is 11.2. The summed E-state index contributed by atoms with van der Waals surface area (Å²) in [5.74, 6) is 0.0583. The Labute approximate surface area is 108 Å². The standard InChI is InChI=1S/C15H20FNO/c1-15(2,3)13-6-4-12(5-7-13)14(18)17-9-11(8-16)10-17/h4-7,11H,8-10H2,1-3H3. The summed E-state index contributed by atoms with van der Waals surface area (Å²) in [6.07, 6.45) is 0. The number of carbonyl (C=O) groups excluding carboxylic acids is 1. The van der Waals surface area contributed by atoms with E-state index in [1.807, 2.05) is 24.3 Å². The molecule has 0 N–H and O–H groups in total. The van der Waals surface area contributed by atoms with Crippen LogP contribution in [0.2, 0.25) is 0 Å². The van der Waals surface area contributed by atoms with Gasteiger partial charge in [-0.25, -0.2) is 0 Å². The van der Waals surface area contributed by atoms with Gasteiger partial charge in [-0.1, -0.05) is 32.9 Å². The number of likely N-dealkylation sites (tertiary alicyclic amines) is 1. The highest BCUT2D eigenvalue weighted by atomic mass is 19.1. The molecule has 0 spiro atoms. The van der Waals surface area contributed by atoms with Crippen LogP contribution in [-0.2, 0) is 5.41 Å². The van der Waals surface area contributed by atoms with Gasteiger partial charge in [-0.15, -0.1) is 0 Å². The molecular formula is C15H20FNO. The van der Waals surface area contributed by atoms with Crippen LogP contribution in [0.25, 0.3) is 0 Å². The molecular weight excluding hydrogens is 229 g/mol. The zero-order chi connectivity index (χ0) is 13.3. The summed E-state index contributed by atoms with van der Waals surface area (Å²) in [5, 5.41) is 0. The lowest BCUT2D eigenvalue weighted by atomic mass is 9.86. The fourth-order valence-electron chi connectivity index (χ4n) is 2.13. The van der Waals surface area contributed by atoms with Gasteiger partial charge in [0.05, 0.1) is 6.67 Å². The maximum atomic E-state index is 12.3. The highest BCUT2D eigenvalue weighted by molar-refractivity contribution is 5.94. The second-order valence-electron chi connectivity index (χ2n) is 6.06. The Morgan fingerprint density at radius 3 is 2.28 bits per heavy atom. The van der Waals surface area contributed by atoms with Crippen LogP contribution in [0.4, 0.5) is 4.39 Å². The second kappa shape index (κ2) is 4.71. The maximum Gasteiger partial charge on any atom is 0.253 e. The first kappa shape index (κ1) is 13.1. The molecule has 1 aliphatic heterocycles. The van der Waals surface area contributed by atoms with E-state index in [1.165, 1.54) is 5.56 Å². The summed E-state index contributed by atoms with van der Waals surface area (Å²) in [4.78, 5) is 13.8. The topological polar surface area (TPSA) is 20.3 Å². The SMILES string of the molecule is CC(C)(C)c1ccc(C(=O)N2CC(CF)C2)cc1. The third kappa shape index (κ3) is 2.55. The fourth-order valence-corrected chi connectivity index (χ4v) is 2.13. The normalized spacial score (nSPS) is 16.6. The predicted octanol–water partition coefficient (Wildman–Crippen LogP) is 3.03. The molecule has 3 heteroatoms. The minimum absolute atomic E-state index is 0.0140. The second-order valence-corrected chi connectivity index (χ2v) is 6.06. The predicted molar refractivity (Wildman–Crippen MR) is 70.5 cm³/mol. The van der Waals surface area contributed by atoms with Crippen LogP contribution in [0.5, 0.6) is 0 Å². The van der Waals surface area contributed by atoms with Crippen LogP contribution in [0.1, 0.15) is 36.7 Å². The summed E-state index contributed by atoms with van der Waals surface area (Å²) in [6.45, 7) is 7.21. The minimum Gasteiger partial charge on any atom is -0.338 e. The van der Waals surface area contributed by atoms with Gasteiger partial charge in [0.2, 0.25) is 0 Å². The third-order valence-corrected chi connectivity index (χ3v) is 3.46. The van der Waals surface area contributed by atoms with Crippen LogP contribution in [0, 0.1) is 5.92 Å². The lowest BCUT2D eigenvalue weighted by molar-refractivity contribution is 0.0453. The van der Waals surface area contributed by atoms with Crippen molar-refractivity contribution in [2.75, 3.05) is 19.8 Å². The molecule has 0 aromatic heterocycles. The van der Waals surface area contributed by atoms with Crippen molar-refractivity contribution in [2.24, 2.45) is 5.92 Å². The van der Waals surface area contributed by atoms with Gasteiger partial charge < -0.3 is 4.90 Å². The summed E-state index contributed by atoms with van der Waals surface area (Å²) in [7, 11) is 0. The first-order chi connectivity index (χ1) is 8.41.